The van der Waals surface area contributed by atoms with E-state index in [1.54, 1.807) is 22.3 Å². The number of carboxylic acid groups (broad SMARTS) is 1. The van der Waals surface area contributed by atoms with E-state index in [-0.39, 0.29) is 28.8 Å². The average Bonchev–Trinajstić information content (AvgIpc) is 3.50. The van der Waals surface area contributed by atoms with Crippen molar-refractivity contribution in [2.45, 2.75) is 23.0 Å². The fourth-order valence-corrected chi connectivity index (χ4v) is 6.37. The van der Waals surface area contributed by atoms with Crippen LogP contribution in [-0.4, -0.2) is 73.6 Å². The number of imidazole rings is 1. The third-order valence-electron chi connectivity index (χ3n) is 5.76. The van der Waals surface area contributed by atoms with E-state index in [1.807, 2.05) is 23.0 Å². The summed E-state index contributed by atoms with van der Waals surface area (Å²) >= 11 is 3.99. The van der Waals surface area contributed by atoms with Gasteiger partial charge in [-0.05, 0) is 12.3 Å². The van der Waals surface area contributed by atoms with Gasteiger partial charge in [-0.3, -0.25) is 14.5 Å². The van der Waals surface area contributed by atoms with Crippen LogP contribution < -0.4 is 20.7 Å². The fraction of sp³-hybridized carbons (Fsp3) is 0.286. The smallest absolute Gasteiger partial charge is 0.307 e. The summed E-state index contributed by atoms with van der Waals surface area (Å²) in [6, 6.07) is 2.82. The lowest BCUT2D eigenvalue weighted by Gasteiger charge is -2.50. The molecule has 0 unspecified atom stereocenters. The molecule has 3 aromatic rings. The van der Waals surface area contributed by atoms with E-state index in [1.165, 1.54) is 35.5 Å². The Labute approximate surface area is 222 Å². The minimum atomic E-state index is -1.45. The topological polar surface area (TPSA) is 172 Å². The second-order valence-corrected chi connectivity index (χ2v) is 10.7. The molecule has 37 heavy (non-hydrogen) atoms. The number of amides is 2. The van der Waals surface area contributed by atoms with Gasteiger partial charge >= 0.3 is 5.65 Å². The average molecular weight is 561 g/mol. The zero-order chi connectivity index (χ0) is 26.3. The van der Waals surface area contributed by atoms with E-state index in [9.17, 15) is 19.5 Å². The first-order chi connectivity index (χ1) is 17.8. The van der Waals surface area contributed by atoms with E-state index in [4.69, 9.17) is 10.6 Å². The van der Waals surface area contributed by atoms with Gasteiger partial charge in [0.15, 0.2) is 17.0 Å². The summed E-state index contributed by atoms with van der Waals surface area (Å²) in [5, 5.41) is 25.0. The van der Waals surface area contributed by atoms with Crippen LogP contribution >= 0.6 is 34.9 Å². The second kappa shape index (κ2) is 10.0. The maximum absolute atomic E-state index is 13.0. The van der Waals surface area contributed by atoms with E-state index in [0.29, 0.717) is 11.3 Å². The summed E-state index contributed by atoms with van der Waals surface area (Å²) in [5.74, 6) is -2.38. The number of thioether (sulfide) groups is 2. The Morgan fingerprint density at radius 2 is 2.24 bits per heavy atom. The molecule has 3 aromatic heterocycles. The molecule has 0 radical (unpaired) electrons. The Morgan fingerprint density at radius 1 is 1.43 bits per heavy atom. The molecule has 3 N–H and O–H groups in total. The monoisotopic (exact) mass is 560 g/mol. The Hall–Kier alpha value is -3.63. The Balaban J connectivity index is 1.37. The molecule has 1 fully saturated rings. The maximum atomic E-state index is 13.0. The van der Waals surface area contributed by atoms with Crippen LogP contribution in [0.2, 0.25) is 0 Å². The summed E-state index contributed by atoms with van der Waals surface area (Å²) in [6.45, 7) is 0.233. The van der Waals surface area contributed by atoms with Crippen LogP contribution in [0.15, 0.2) is 51.4 Å². The molecule has 16 heteroatoms. The number of aliphatic carboxylic acids is 1. The number of oxime groups is 1. The largest absolute Gasteiger partial charge is 0.543 e. The molecule has 0 saturated carbocycles. The van der Waals surface area contributed by atoms with Gasteiger partial charge in [0.1, 0.15) is 42.0 Å². The number of β-lactam (4-membered cyclic amide) rings is 1. The van der Waals surface area contributed by atoms with Crippen LogP contribution in [-0.2, 0) is 25.8 Å². The van der Waals surface area contributed by atoms with Crippen molar-refractivity contribution in [1.29, 1.82) is 0 Å². The highest BCUT2D eigenvalue weighted by molar-refractivity contribution is 8.00. The highest BCUT2D eigenvalue weighted by Gasteiger charge is 2.53. The Bertz CT molecular complexity index is 1480. The molecule has 0 spiro atoms. The summed E-state index contributed by atoms with van der Waals surface area (Å²) in [4.78, 5) is 48.0. The van der Waals surface area contributed by atoms with Crippen LogP contribution in [0.3, 0.4) is 0 Å². The van der Waals surface area contributed by atoms with Crippen molar-refractivity contribution >= 4 is 69.1 Å². The number of nitrogens with two attached hydrogens (primary N) is 1. The van der Waals surface area contributed by atoms with Crippen LogP contribution in [0.1, 0.15) is 5.69 Å². The normalized spacial score (nSPS) is 19.6. The number of anilines is 1. The first-order valence-corrected chi connectivity index (χ1v) is 13.9. The van der Waals surface area contributed by atoms with Crippen LogP contribution in [0.4, 0.5) is 5.13 Å². The van der Waals surface area contributed by atoms with Gasteiger partial charge in [-0.25, -0.2) is 9.55 Å². The fourth-order valence-electron chi connectivity index (χ4n) is 4.11. The number of nitrogens with zero attached hydrogens (tertiary/aromatic N) is 6. The maximum Gasteiger partial charge on any atom is 0.307 e. The number of nitrogens with one attached hydrogen (secondary N) is 1. The second-order valence-electron chi connectivity index (χ2n) is 7.90. The molecule has 2 aliphatic rings. The molecule has 2 amide bonds. The molecule has 0 bridgehead atoms. The van der Waals surface area contributed by atoms with Gasteiger partial charge in [0, 0.05) is 22.8 Å². The molecule has 1 saturated heterocycles. The molecule has 0 aliphatic carbocycles. The van der Waals surface area contributed by atoms with Crippen molar-refractivity contribution in [3.05, 3.63) is 46.9 Å². The van der Waals surface area contributed by atoms with E-state index >= 15 is 0 Å². The molecule has 2 atom stereocenters. The quantitative estimate of drug-likeness (QED) is 0.112. The number of thiazole rings is 1. The number of hydrogen-bond donors (Lipinski definition) is 2. The lowest BCUT2D eigenvalue weighted by atomic mass is 10.0. The molecule has 5 heterocycles. The molecular weight excluding hydrogens is 540 g/mol. The number of carbonyl (C=O) groups excluding carboxylic acids is 3. The zero-order valence-corrected chi connectivity index (χ0v) is 21.9. The third kappa shape index (κ3) is 4.51. The number of hydrogen-bond acceptors (Lipinski definition) is 12. The van der Waals surface area contributed by atoms with Crippen molar-refractivity contribution in [2.75, 3.05) is 24.9 Å². The van der Waals surface area contributed by atoms with Crippen LogP contribution in [0, 0.1) is 0 Å². The Morgan fingerprint density at radius 3 is 2.92 bits per heavy atom. The first-order valence-electron chi connectivity index (χ1n) is 10.8. The number of aromatic nitrogens is 4. The van der Waals surface area contributed by atoms with Crippen molar-refractivity contribution in [1.82, 2.24) is 24.9 Å². The van der Waals surface area contributed by atoms with E-state index in [0.717, 1.165) is 22.0 Å². The highest BCUT2D eigenvalue weighted by Crippen LogP contribution is 2.40. The predicted molar refractivity (Wildman–Crippen MR) is 134 cm³/mol. The molecule has 2 aliphatic heterocycles. The number of nitrogen functional groups attached to an aromatic ring is 1. The Kier molecular flexibility index (Phi) is 6.78. The van der Waals surface area contributed by atoms with Crippen molar-refractivity contribution in [3.8, 4) is 0 Å². The van der Waals surface area contributed by atoms with Crippen molar-refractivity contribution < 1.29 is 28.8 Å². The summed E-state index contributed by atoms with van der Waals surface area (Å²) in [6.07, 6.45) is 5.51. The van der Waals surface area contributed by atoms with Gasteiger partial charge in [-0.15, -0.1) is 39.4 Å². The van der Waals surface area contributed by atoms with E-state index < -0.39 is 29.2 Å². The summed E-state index contributed by atoms with van der Waals surface area (Å²) < 4.78 is 3.56. The SMILES string of the molecule is CO/N=C(\C(=O)N[C@@H]1C(=O)N2C(C(=O)[O-])=C(Cn3cc[n+]4nc(SC)ccc34)CS[C@H]12)c1csc(N)n1. The van der Waals surface area contributed by atoms with Crippen molar-refractivity contribution in [3.63, 3.8) is 0 Å². The number of carboxylic acids is 1. The molecule has 0 aromatic carbocycles. The van der Waals surface area contributed by atoms with Gasteiger partial charge in [0.05, 0.1) is 11.7 Å². The van der Waals surface area contributed by atoms with Crippen LogP contribution in [0.5, 0.6) is 0 Å². The van der Waals surface area contributed by atoms with Gasteiger partial charge in [-0.2, -0.15) is 0 Å². The zero-order valence-electron chi connectivity index (χ0n) is 19.5. The van der Waals surface area contributed by atoms with E-state index in [2.05, 4.69) is 20.6 Å². The van der Waals surface area contributed by atoms with Gasteiger partial charge in [0.25, 0.3) is 11.8 Å². The first kappa shape index (κ1) is 25.0. The summed E-state index contributed by atoms with van der Waals surface area (Å²) in [7, 11) is 1.28. The summed E-state index contributed by atoms with van der Waals surface area (Å²) in [5.41, 5.74) is 6.81. The van der Waals surface area contributed by atoms with Gasteiger partial charge in [0.2, 0.25) is 0 Å². The molecule has 192 valence electrons. The standard InChI is InChI=1S/C21H20N8O5S3/c1-34-26-14(11-9-37-21(22)23-11)17(30)24-15-18(31)29-16(20(32)33)10(8-36-19(15)29)7-27-5-6-28-13(27)4-3-12(25-28)35-2/h3-6,9,15,19H,7-8H2,1-2H3,(H3-,22,23,24,30,32,33)/b26-14-/t15-,19-/m1/s1. The van der Waals surface area contributed by atoms with Gasteiger partial charge < -0.3 is 25.8 Å². The van der Waals surface area contributed by atoms with Crippen LogP contribution in [0.25, 0.3) is 5.65 Å². The minimum Gasteiger partial charge on any atom is -0.543 e. The molecule has 13 nitrogen and oxygen atoms in total. The molecule has 5 rings (SSSR count). The predicted octanol–water partition coefficient (Wildman–Crippen LogP) is -1.16. The number of carbonyl (C=O) groups is 3. The lowest BCUT2D eigenvalue weighted by molar-refractivity contribution is -0.584. The molecular formula is C21H20N8O5S3. The highest BCUT2D eigenvalue weighted by atomic mass is 32.2. The minimum absolute atomic E-state index is 0.144. The number of rotatable bonds is 8. The third-order valence-corrected chi connectivity index (χ3v) is 8.41. The van der Waals surface area contributed by atoms with Crippen molar-refractivity contribution in [2.24, 2.45) is 5.16 Å². The van der Waals surface area contributed by atoms with Gasteiger partial charge in [-0.1, -0.05) is 10.3 Å². The lowest BCUT2D eigenvalue weighted by Crippen LogP contribution is -2.71. The number of fused-ring (bicyclic) bond motifs is 2.